The first kappa shape index (κ1) is 16.5. The maximum atomic E-state index is 12.5. The van der Waals surface area contributed by atoms with Crippen LogP contribution in [-0.2, 0) is 14.3 Å². The molecular weight excluding hydrogens is 286 g/mol. The second-order valence-electron chi connectivity index (χ2n) is 5.84. The number of carboxylic acids is 1. The molecule has 1 saturated heterocycles. The fourth-order valence-corrected chi connectivity index (χ4v) is 2.90. The van der Waals surface area contributed by atoms with E-state index in [1.54, 1.807) is 4.90 Å². The van der Waals surface area contributed by atoms with E-state index in [2.05, 4.69) is 5.10 Å². The third-order valence-corrected chi connectivity index (χ3v) is 3.89. The molecule has 1 fully saturated rings. The molecular formula is C15H23N3O4. The van der Waals surface area contributed by atoms with Crippen LogP contribution in [0.15, 0.2) is 6.07 Å². The third kappa shape index (κ3) is 3.85. The van der Waals surface area contributed by atoms with Crippen LogP contribution in [0.4, 0.5) is 0 Å². The molecule has 1 amide bonds. The summed E-state index contributed by atoms with van der Waals surface area (Å²) in [5, 5.41) is 13.4. The molecule has 2 heterocycles. The van der Waals surface area contributed by atoms with E-state index in [1.165, 1.54) is 0 Å². The minimum Gasteiger partial charge on any atom is -0.481 e. The summed E-state index contributed by atoms with van der Waals surface area (Å²) in [6, 6.07) is 1.53. The highest BCUT2D eigenvalue weighted by Crippen LogP contribution is 2.19. The van der Waals surface area contributed by atoms with Crippen LogP contribution in [-0.4, -0.2) is 57.5 Å². The van der Waals surface area contributed by atoms with E-state index in [1.807, 2.05) is 31.5 Å². The molecule has 0 spiro atoms. The predicted molar refractivity (Wildman–Crippen MR) is 79.6 cm³/mol. The van der Waals surface area contributed by atoms with Crippen molar-refractivity contribution in [2.45, 2.75) is 45.7 Å². The van der Waals surface area contributed by atoms with Gasteiger partial charge in [-0.2, -0.15) is 5.10 Å². The molecule has 0 bridgehead atoms. The highest BCUT2D eigenvalue weighted by atomic mass is 16.5. The molecule has 122 valence electrons. The van der Waals surface area contributed by atoms with E-state index in [9.17, 15) is 9.59 Å². The summed E-state index contributed by atoms with van der Waals surface area (Å²) in [6.45, 7) is 7.01. The lowest BCUT2D eigenvalue weighted by molar-refractivity contribution is -0.146. The maximum absolute atomic E-state index is 12.5. The van der Waals surface area contributed by atoms with E-state index in [4.69, 9.17) is 9.84 Å². The first-order valence-corrected chi connectivity index (χ1v) is 7.50. The summed E-state index contributed by atoms with van der Waals surface area (Å²) < 4.78 is 7.15. The SMILES string of the molecule is Cc1cc(C)n([C@H](C)CC(=O)N2CCOC[C@H]2CC(=O)O)n1. The number of carboxylic acid groups (broad SMARTS) is 1. The Kier molecular flexibility index (Phi) is 5.18. The fourth-order valence-electron chi connectivity index (χ4n) is 2.90. The molecule has 0 radical (unpaired) electrons. The second-order valence-corrected chi connectivity index (χ2v) is 5.84. The minimum atomic E-state index is -0.917. The van der Waals surface area contributed by atoms with E-state index in [-0.39, 0.29) is 31.0 Å². The van der Waals surface area contributed by atoms with Gasteiger partial charge in [-0.3, -0.25) is 14.3 Å². The third-order valence-electron chi connectivity index (χ3n) is 3.89. The molecule has 0 saturated carbocycles. The lowest BCUT2D eigenvalue weighted by atomic mass is 10.1. The molecule has 1 aromatic heterocycles. The van der Waals surface area contributed by atoms with Crippen LogP contribution in [0.25, 0.3) is 0 Å². The smallest absolute Gasteiger partial charge is 0.305 e. The van der Waals surface area contributed by atoms with Crippen molar-refractivity contribution in [1.82, 2.24) is 14.7 Å². The number of hydrogen-bond donors (Lipinski definition) is 1. The summed E-state index contributed by atoms with van der Waals surface area (Å²) in [7, 11) is 0. The molecule has 0 unspecified atom stereocenters. The largest absolute Gasteiger partial charge is 0.481 e. The van der Waals surface area contributed by atoms with Crippen molar-refractivity contribution in [3.8, 4) is 0 Å². The van der Waals surface area contributed by atoms with Crippen molar-refractivity contribution in [3.05, 3.63) is 17.5 Å². The van der Waals surface area contributed by atoms with Crippen LogP contribution in [0.3, 0.4) is 0 Å². The molecule has 0 aromatic carbocycles. The van der Waals surface area contributed by atoms with Gasteiger partial charge in [-0.15, -0.1) is 0 Å². The normalized spacial score (nSPS) is 20.0. The van der Waals surface area contributed by atoms with Gasteiger partial charge < -0.3 is 14.7 Å². The van der Waals surface area contributed by atoms with Crippen LogP contribution >= 0.6 is 0 Å². The Morgan fingerprint density at radius 2 is 2.23 bits per heavy atom. The number of ether oxygens (including phenoxy) is 1. The molecule has 2 atom stereocenters. The molecule has 1 aliphatic rings. The van der Waals surface area contributed by atoms with Gasteiger partial charge in [0.1, 0.15) is 0 Å². The van der Waals surface area contributed by atoms with Crippen LogP contribution in [0.5, 0.6) is 0 Å². The Bertz CT molecular complexity index is 555. The monoisotopic (exact) mass is 309 g/mol. The van der Waals surface area contributed by atoms with Crippen molar-refractivity contribution in [1.29, 1.82) is 0 Å². The lowest BCUT2D eigenvalue weighted by Crippen LogP contribution is -2.49. The number of aromatic nitrogens is 2. The van der Waals surface area contributed by atoms with E-state index in [0.29, 0.717) is 19.6 Å². The topological polar surface area (TPSA) is 84.7 Å². The van der Waals surface area contributed by atoms with Crippen LogP contribution < -0.4 is 0 Å². The zero-order valence-electron chi connectivity index (χ0n) is 13.3. The number of morpholine rings is 1. The number of aliphatic carboxylic acids is 1. The summed E-state index contributed by atoms with van der Waals surface area (Å²) >= 11 is 0. The highest BCUT2D eigenvalue weighted by Gasteiger charge is 2.30. The van der Waals surface area contributed by atoms with Crippen molar-refractivity contribution in [3.63, 3.8) is 0 Å². The van der Waals surface area contributed by atoms with Crippen molar-refractivity contribution >= 4 is 11.9 Å². The Morgan fingerprint density at radius 3 is 2.82 bits per heavy atom. The summed E-state index contributed by atoms with van der Waals surface area (Å²) in [4.78, 5) is 25.1. The van der Waals surface area contributed by atoms with Crippen LogP contribution in [0, 0.1) is 13.8 Å². The first-order chi connectivity index (χ1) is 10.4. The Hall–Kier alpha value is -1.89. The van der Waals surface area contributed by atoms with E-state index < -0.39 is 5.97 Å². The standard InChI is InChI=1S/C15H23N3O4/c1-10-6-11(2)18(16-10)12(3)7-14(19)17-4-5-22-9-13(17)8-15(20)21/h6,12-13H,4-5,7-9H2,1-3H3,(H,20,21)/t12-,13-/m1/s1. The Balaban J connectivity index is 2.03. The quantitative estimate of drug-likeness (QED) is 0.882. The fraction of sp³-hybridized carbons (Fsp3) is 0.667. The zero-order chi connectivity index (χ0) is 16.3. The van der Waals surface area contributed by atoms with Crippen LogP contribution in [0.2, 0.25) is 0 Å². The minimum absolute atomic E-state index is 0.0467. The van der Waals surface area contributed by atoms with E-state index in [0.717, 1.165) is 11.4 Å². The Labute approximate surface area is 129 Å². The zero-order valence-corrected chi connectivity index (χ0v) is 13.3. The van der Waals surface area contributed by atoms with Gasteiger partial charge in [-0.05, 0) is 26.8 Å². The molecule has 22 heavy (non-hydrogen) atoms. The molecule has 7 nitrogen and oxygen atoms in total. The number of rotatable bonds is 5. The van der Waals surface area contributed by atoms with Gasteiger partial charge in [0, 0.05) is 18.7 Å². The van der Waals surface area contributed by atoms with Gasteiger partial charge in [-0.25, -0.2) is 0 Å². The molecule has 7 heteroatoms. The summed E-state index contributed by atoms with van der Waals surface area (Å²) in [6.07, 6.45) is 0.220. The molecule has 1 aliphatic heterocycles. The van der Waals surface area contributed by atoms with Gasteiger partial charge in [0.25, 0.3) is 0 Å². The summed E-state index contributed by atoms with van der Waals surface area (Å²) in [5.41, 5.74) is 1.94. The number of carbonyl (C=O) groups is 2. The predicted octanol–water partition coefficient (Wildman–Crippen LogP) is 1.15. The van der Waals surface area contributed by atoms with Gasteiger partial charge in [0.2, 0.25) is 5.91 Å². The molecule has 2 rings (SSSR count). The van der Waals surface area contributed by atoms with Crippen molar-refractivity contribution in [2.24, 2.45) is 0 Å². The number of aryl methyl sites for hydroxylation is 2. The summed E-state index contributed by atoms with van der Waals surface area (Å²) in [5.74, 6) is -0.963. The number of nitrogens with zero attached hydrogens (tertiary/aromatic N) is 3. The Morgan fingerprint density at radius 1 is 1.50 bits per heavy atom. The number of hydrogen-bond acceptors (Lipinski definition) is 4. The maximum Gasteiger partial charge on any atom is 0.305 e. The van der Waals surface area contributed by atoms with Crippen molar-refractivity contribution < 1.29 is 19.4 Å². The number of carbonyl (C=O) groups excluding carboxylic acids is 1. The molecule has 0 aliphatic carbocycles. The van der Waals surface area contributed by atoms with Gasteiger partial charge in [0.05, 0.1) is 37.4 Å². The average molecular weight is 309 g/mol. The van der Waals surface area contributed by atoms with Crippen LogP contribution in [0.1, 0.15) is 37.2 Å². The van der Waals surface area contributed by atoms with Gasteiger partial charge in [-0.1, -0.05) is 0 Å². The first-order valence-electron chi connectivity index (χ1n) is 7.50. The molecule has 1 aromatic rings. The van der Waals surface area contributed by atoms with Gasteiger partial charge >= 0.3 is 5.97 Å². The average Bonchev–Trinajstić information content (AvgIpc) is 2.77. The number of amides is 1. The van der Waals surface area contributed by atoms with Gasteiger partial charge in [0.15, 0.2) is 0 Å². The van der Waals surface area contributed by atoms with Crippen molar-refractivity contribution in [2.75, 3.05) is 19.8 Å². The van der Waals surface area contributed by atoms with E-state index >= 15 is 0 Å². The highest BCUT2D eigenvalue weighted by molar-refractivity contribution is 5.78. The lowest BCUT2D eigenvalue weighted by Gasteiger charge is -2.35. The second kappa shape index (κ2) is 6.91. The molecule has 1 N–H and O–H groups in total.